The van der Waals surface area contributed by atoms with Gasteiger partial charge in [0.2, 0.25) is 0 Å². The van der Waals surface area contributed by atoms with Crippen LogP contribution in [0.25, 0.3) is 22.5 Å². The lowest BCUT2D eigenvalue weighted by Gasteiger charge is -2.40. The molecule has 2 aliphatic rings. The number of anilines is 12. The summed E-state index contributed by atoms with van der Waals surface area (Å²) >= 11 is 0. The van der Waals surface area contributed by atoms with Crippen molar-refractivity contribution in [1.82, 2.24) is 15.0 Å². The molecule has 0 saturated carbocycles. The first-order valence-corrected chi connectivity index (χ1v) is 21.2. The Hall–Kier alpha value is -9.02. The predicted octanol–water partition coefficient (Wildman–Crippen LogP) is 13.8. The molecule has 0 atom stereocenters. The topological polar surface area (TPSA) is 88.7 Å². The smallest absolute Gasteiger partial charge is 0.162 e. The van der Waals surface area contributed by atoms with Gasteiger partial charge in [-0.25, -0.2) is 19.9 Å². The summed E-state index contributed by atoms with van der Waals surface area (Å²) in [5, 5.41) is 0. The van der Waals surface area contributed by atoms with Gasteiger partial charge in [-0.2, -0.15) is 0 Å². The van der Waals surface area contributed by atoms with Crippen molar-refractivity contribution in [3.63, 3.8) is 0 Å². The zero-order valence-electron chi connectivity index (χ0n) is 35.4. The Kier molecular flexibility index (Phi) is 9.98. The maximum atomic E-state index is 4.66. The van der Waals surface area contributed by atoms with Crippen molar-refractivity contribution in [3.8, 4) is 22.5 Å². The van der Waals surface area contributed by atoms with Gasteiger partial charge in [0, 0.05) is 40.9 Å². The molecule has 310 valence electrons. The highest BCUT2D eigenvalue weighted by Gasteiger charge is 2.33. The standard InChI is InChI=1S/C55H40N10/c1-56-35-59-54(57-2)40-29-38(31-44(33-40)64-50-25-13-9-21-46(50)62(42-17-5-3-6-18-42)47-22-10-14-26-51(47)64)39-30-41(55-60-36-58-37-61-55)34-45(32-39)65-52-27-15-11-23-48(52)63(43-19-7-4-8-20-43)49-24-12-16-28-53(49)65/h3-37H,1H2,2H3/b57-54-,59-35-. The van der Waals surface area contributed by atoms with E-state index in [9.17, 15) is 0 Å². The number of aliphatic imine (C=N–C) groups is 3. The van der Waals surface area contributed by atoms with Gasteiger partial charge in [-0.1, -0.05) is 84.9 Å². The highest BCUT2D eigenvalue weighted by molar-refractivity contribution is 6.08. The van der Waals surface area contributed by atoms with Gasteiger partial charge >= 0.3 is 0 Å². The van der Waals surface area contributed by atoms with Gasteiger partial charge in [0.05, 0.1) is 45.5 Å². The lowest BCUT2D eigenvalue weighted by molar-refractivity contribution is 1.06. The molecule has 1 aromatic heterocycles. The molecule has 0 saturated heterocycles. The van der Waals surface area contributed by atoms with Crippen LogP contribution in [-0.4, -0.2) is 40.9 Å². The van der Waals surface area contributed by atoms with Crippen LogP contribution in [0.2, 0.25) is 0 Å². The van der Waals surface area contributed by atoms with Gasteiger partial charge in [-0.15, -0.1) is 0 Å². The highest BCUT2D eigenvalue weighted by Crippen LogP contribution is 2.56. The average Bonchev–Trinajstić information content (AvgIpc) is 3.38. The minimum absolute atomic E-state index is 0.513. The quantitative estimate of drug-likeness (QED) is 0.111. The van der Waals surface area contributed by atoms with Gasteiger partial charge in [-0.05, 0) is 127 Å². The van der Waals surface area contributed by atoms with E-state index >= 15 is 0 Å². The second-order valence-electron chi connectivity index (χ2n) is 15.4. The molecule has 0 radical (unpaired) electrons. The molecule has 0 unspecified atom stereocenters. The molecule has 8 aromatic carbocycles. The van der Waals surface area contributed by atoms with Crippen molar-refractivity contribution < 1.29 is 0 Å². The van der Waals surface area contributed by atoms with Gasteiger partial charge in [0.1, 0.15) is 19.0 Å². The average molecular weight is 841 g/mol. The van der Waals surface area contributed by atoms with Crippen LogP contribution in [0.15, 0.2) is 222 Å². The molecule has 0 amide bonds. The summed E-state index contributed by atoms with van der Waals surface area (Å²) in [6, 6.07) is 68.2. The van der Waals surface area contributed by atoms with E-state index in [1.54, 1.807) is 7.05 Å². The Balaban J connectivity index is 1.15. The van der Waals surface area contributed by atoms with Crippen LogP contribution in [0.4, 0.5) is 68.2 Å². The molecule has 11 rings (SSSR count). The number of benzene rings is 8. The van der Waals surface area contributed by atoms with Crippen LogP contribution in [0.3, 0.4) is 0 Å². The Morgan fingerprint density at radius 1 is 0.431 bits per heavy atom. The molecule has 9 aromatic rings. The molecule has 0 N–H and O–H groups in total. The number of aromatic nitrogens is 3. The van der Waals surface area contributed by atoms with Gasteiger partial charge in [0.15, 0.2) is 11.7 Å². The van der Waals surface area contributed by atoms with E-state index in [1.807, 2.05) is 12.1 Å². The normalized spacial score (nSPS) is 13.0. The third-order valence-corrected chi connectivity index (χ3v) is 11.7. The molecule has 0 fully saturated rings. The van der Waals surface area contributed by atoms with Gasteiger partial charge in [0.25, 0.3) is 0 Å². The van der Waals surface area contributed by atoms with E-state index in [0.717, 1.165) is 90.5 Å². The molecule has 2 aliphatic heterocycles. The van der Waals surface area contributed by atoms with Crippen molar-refractivity contribution in [2.75, 3.05) is 26.6 Å². The van der Waals surface area contributed by atoms with E-state index in [2.05, 4.69) is 238 Å². The second kappa shape index (κ2) is 16.7. The third kappa shape index (κ3) is 6.95. The maximum absolute atomic E-state index is 4.66. The fourth-order valence-corrected chi connectivity index (χ4v) is 8.97. The number of hydrogen-bond acceptors (Lipinski definition) is 8. The zero-order chi connectivity index (χ0) is 43.7. The number of fused-ring (bicyclic) bond motifs is 4. The van der Waals surface area contributed by atoms with Crippen molar-refractivity contribution in [3.05, 3.63) is 212 Å². The van der Waals surface area contributed by atoms with Crippen LogP contribution >= 0.6 is 0 Å². The van der Waals surface area contributed by atoms with Crippen LogP contribution in [0.5, 0.6) is 0 Å². The van der Waals surface area contributed by atoms with Gasteiger partial charge < -0.3 is 19.6 Å². The summed E-state index contributed by atoms with van der Waals surface area (Å²) in [5.74, 6) is 1.07. The van der Waals surface area contributed by atoms with Crippen LogP contribution in [0, 0.1) is 0 Å². The van der Waals surface area contributed by atoms with Crippen molar-refractivity contribution >= 4 is 87.1 Å². The minimum atomic E-state index is 0.513. The number of para-hydroxylation sites is 10. The summed E-state index contributed by atoms with van der Waals surface area (Å²) < 4.78 is 0. The summed E-state index contributed by atoms with van der Waals surface area (Å²) in [6.45, 7) is 3.65. The van der Waals surface area contributed by atoms with Crippen molar-refractivity contribution in [1.29, 1.82) is 0 Å². The fraction of sp³-hybridized carbons (Fsp3) is 0.0182. The molecular weight excluding hydrogens is 801 g/mol. The fourth-order valence-electron chi connectivity index (χ4n) is 8.97. The van der Waals surface area contributed by atoms with Crippen LogP contribution < -0.4 is 19.6 Å². The Labute approximate surface area is 377 Å². The Morgan fingerprint density at radius 2 is 0.800 bits per heavy atom. The summed E-state index contributed by atoms with van der Waals surface area (Å²) in [6.07, 6.45) is 4.51. The molecule has 0 aliphatic carbocycles. The van der Waals surface area contributed by atoms with E-state index < -0.39 is 0 Å². The van der Waals surface area contributed by atoms with Gasteiger partial charge in [-0.3, -0.25) is 9.98 Å². The number of rotatable bonds is 8. The van der Waals surface area contributed by atoms with Crippen LogP contribution in [0.1, 0.15) is 5.56 Å². The zero-order valence-corrected chi connectivity index (χ0v) is 35.4. The lowest BCUT2D eigenvalue weighted by atomic mass is 9.96. The van der Waals surface area contributed by atoms with E-state index in [1.165, 1.54) is 19.0 Å². The second-order valence-corrected chi connectivity index (χ2v) is 15.4. The predicted molar refractivity (Wildman–Crippen MR) is 267 cm³/mol. The molecular formula is C55H40N10. The number of amidine groups is 1. The number of nitrogens with zero attached hydrogens (tertiary/aromatic N) is 10. The molecule has 0 spiro atoms. The first-order chi connectivity index (χ1) is 32.2. The van der Waals surface area contributed by atoms with E-state index in [-0.39, 0.29) is 0 Å². The summed E-state index contributed by atoms with van der Waals surface area (Å²) in [4.78, 5) is 36.0. The van der Waals surface area contributed by atoms with E-state index in [0.29, 0.717) is 11.7 Å². The Bertz CT molecular complexity index is 3180. The van der Waals surface area contributed by atoms with Crippen molar-refractivity contribution in [2.45, 2.75) is 0 Å². The first-order valence-electron chi connectivity index (χ1n) is 21.2. The lowest BCUT2D eigenvalue weighted by Crippen LogP contribution is -2.24. The van der Waals surface area contributed by atoms with E-state index in [4.69, 9.17) is 0 Å². The highest BCUT2D eigenvalue weighted by atomic mass is 15.3. The SMILES string of the molecule is C=N/C=N\C(=N/C)c1cc(-c2cc(-c3ncncn3)cc(N3c4ccccc4N(c4ccccc4)c4ccccc43)c2)cc(N2c3ccccc3N(c3ccccc3)c3ccccc32)c1. The molecule has 65 heavy (non-hydrogen) atoms. The van der Waals surface area contributed by atoms with Crippen LogP contribution in [-0.2, 0) is 0 Å². The number of hydrogen-bond donors (Lipinski definition) is 0. The monoisotopic (exact) mass is 840 g/mol. The third-order valence-electron chi connectivity index (χ3n) is 11.7. The molecule has 3 heterocycles. The minimum Gasteiger partial charge on any atom is -0.306 e. The largest absolute Gasteiger partial charge is 0.306 e. The Morgan fingerprint density at radius 3 is 1.22 bits per heavy atom. The molecule has 0 bridgehead atoms. The van der Waals surface area contributed by atoms with Crippen molar-refractivity contribution in [2.24, 2.45) is 15.0 Å². The molecule has 10 heteroatoms. The summed E-state index contributed by atoms with van der Waals surface area (Å²) in [7, 11) is 1.74. The first kappa shape index (κ1) is 38.9. The maximum Gasteiger partial charge on any atom is 0.162 e. The molecule has 10 nitrogen and oxygen atoms in total. The summed E-state index contributed by atoms with van der Waals surface area (Å²) in [5.41, 5.74) is 15.8.